The molecular weight excluding hydrogens is 424 g/mol. The zero-order valence-corrected chi connectivity index (χ0v) is 18.8. The van der Waals surface area contributed by atoms with Gasteiger partial charge in [-0.3, -0.25) is 9.78 Å². The normalized spacial score (nSPS) is 17.9. The SMILES string of the molecule is O=C(NC1CCOCC1)c1cc(Oc2ccc3nc(NC4CCCCC4)sc3c2)ccn1. The highest BCUT2D eigenvalue weighted by Gasteiger charge is 2.18. The van der Waals surface area contributed by atoms with Crippen LogP contribution in [0.3, 0.4) is 0 Å². The maximum Gasteiger partial charge on any atom is 0.270 e. The van der Waals surface area contributed by atoms with Gasteiger partial charge in [0.2, 0.25) is 0 Å². The van der Waals surface area contributed by atoms with Crippen LogP contribution in [0.2, 0.25) is 0 Å². The van der Waals surface area contributed by atoms with E-state index in [2.05, 4.69) is 15.6 Å². The van der Waals surface area contributed by atoms with Crippen LogP contribution in [0.15, 0.2) is 36.5 Å². The quantitative estimate of drug-likeness (QED) is 0.539. The fourth-order valence-corrected chi connectivity index (χ4v) is 5.26. The molecule has 1 amide bonds. The summed E-state index contributed by atoms with van der Waals surface area (Å²) in [6.45, 7) is 1.36. The van der Waals surface area contributed by atoms with Crippen molar-refractivity contribution in [3.63, 3.8) is 0 Å². The average Bonchev–Trinajstić information content (AvgIpc) is 3.22. The molecule has 1 saturated heterocycles. The van der Waals surface area contributed by atoms with Crippen molar-refractivity contribution in [3.05, 3.63) is 42.2 Å². The van der Waals surface area contributed by atoms with E-state index in [4.69, 9.17) is 14.5 Å². The van der Waals surface area contributed by atoms with Gasteiger partial charge in [-0.05, 0) is 43.9 Å². The van der Waals surface area contributed by atoms with Crippen molar-refractivity contribution < 1.29 is 14.3 Å². The first-order valence-electron chi connectivity index (χ1n) is 11.4. The fraction of sp³-hybridized carbons (Fsp3) is 0.458. The summed E-state index contributed by atoms with van der Waals surface area (Å²) < 4.78 is 12.5. The molecule has 3 heterocycles. The highest BCUT2D eigenvalue weighted by molar-refractivity contribution is 7.22. The lowest BCUT2D eigenvalue weighted by Gasteiger charge is -2.22. The standard InChI is InChI=1S/C24H28N4O3S/c29-23(26-17-9-12-30-13-10-17)21-14-19(8-11-25-21)31-18-6-7-20-22(15-18)32-24(28-20)27-16-4-2-1-3-5-16/h6-8,11,14-17H,1-5,9-10,12-13H2,(H,26,29)(H,27,28). The van der Waals surface area contributed by atoms with E-state index in [0.717, 1.165) is 28.2 Å². The number of nitrogens with one attached hydrogen (secondary N) is 2. The van der Waals surface area contributed by atoms with Crippen LogP contribution in [0.25, 0.3) is 10.2 Å². The third-order valence-corrected chi connectivity index (χ3v) is 7.00. The first-order chi connectivity index (χ1) is 15.7. The molecular formula is C24H28N4O3S. The third kappa shape index (κ3) is 5.19. The number of nitrogens with zero attached hydrogens (tertiary/aromatic N) is 2. The lowest BCUT2D eigenvalue weighted by Crippen LogP contribution is -2.39. The third-order valence-electron chi connectivity index (χ3n) is 6.05. The summed E-state index contributed by atoms with van der Waals surface area (Å²) >= 11 is 1.65. The monoisotopic (exact) mass is 452 g/mol. The number of thiazole rings is 1. The number of rotatable bonds is 6. The van der Waals surface area contributed by atoms with Gasteiger partial charge in [-0.2, -0.15) is 0 Å². The number of carbonyl (C=O) groups is 1. The highest BCUT2D eigenvalue weighted by atomic mass is 32.1. The van der Waals surface area contributed by atoms with Crippen molar-refractivity contribution in [3.8, 4) is 11.5 Å². The Labute approximate surface area is 191 Å². The van der Waals surface area contributed by atoms with E-state index in [1.165, 1.54) is 32.1 Å². The van der Waals surface area contributed by atoms with Crippen LogP contribution in [0, 0.1) is 0 Å². The van der Waals surface area contributed by atoms with Gasteiger partial charge in [0.1, 0.15) is 17.2 Å². The molecule has 1 aromatic carbocycles. The first-order valence-corrected chi connectivity index (χ1v) is 12.2. The van der Waals surface area contributed by atoms with E-state index < -0.39 is 0 Å². The smallest absolute Gasteiger partial charge is 0.270 e. The second kappa shape index (κ2) is 9.83. The van der Waals surface area contributed by atoms with Gasteiger partial charge in [0.15, 0.2) is 5.13 Å². The molecule has 1 saturated carbocycles. The van der Waals surface area contributed by atoms with Crippen molar-refractivity contribution in [2.75, 3.05) is 18.5 Å². The van der Waals surface area contributed by atoms with E-state index in [-0.39, 0.29) is 11.9 Å². The maximum atomic E-state index is 12.6. The van der Waals surface area contributed by atoms with Crippen molar-refractivity contribution in [2.45, 2.75) is 57.0 Å². The molecule has 1 aliphatic carbocycles. The van der Waals surface area contributed by atoms with Crippen LogP contribution in [-0.4, -0.2) is 41.2 Å². The minimum atomic E-state index is -0.182. The van der Waals surface area contributed by atoms with E-state index in [1.54, 1.807) is 29.7 Å². The molecule has 2 N–H and O–H groups in total. The Balaban J connectivity index is 1.25. The van der Waals surface area contributed by atoms with Gasteiger partial charge in [-0.1, -0.05) is 30.6 Å². The number of pyridine rings is 1. The first kappa shape index (κ1) is 21.2. The number of aromatic nitrogens is 2. The predicted octanol–water partition coefficient (Wildman–Crippen LogP) is 5.14. The molecule has 1 aliphatic heterocycles. The van der Waals surface area contributed by atoms with Gasteiger partial charge in [0, 0.05) is 43.6 Å². The van der Waals surface area contributed by atoms with E-state index in [0.29, 0.717) is 36.4 Å². The lowest BCUT2D eigenvalue weighted by atomic mass is 9.96. The molecule has 7 nitrogen and oxygen atoms in total. The van der Waals surface area contributed by atoms with Crippen molar-refractivity contribution in [2.24, 2.45) is 0 Å². The number of ether oxygens (including phenoxy) is 2. The molecule has 0 bridgehead atoms. The molecule has 0 unspecified atom stereocenters. The van der Waals surface area contributed by atoms with Crippen LogP contribution in [0.5, 0.6) is 11.5 Å². The average molecular weight is 453 g/mol. The van der Waals surface area contributed by atoms with Gasteiger partial charge in [0.05, 0.1) is 10.2 Å². The molecule has 2 fully saturated rings. The largest absolute Gasteiger partial charge is 0.457 e. The summed E-state index contributed by atoms with van der Waals surface area (Å²) in [6, 6.07) is 10.00. The number of fused-ring (bicyclic) bond motifs is 1. The van der Waals surface area contributed by atoms with Crippen LogP contribution >= 0.6 is 11.3 Å². The summed E-state index contributed by atoms with van der Waals surface area (Å²) in [5.41, 5.74) is 1.32. The summed E-state index contributed by atoms with van der Waals surface area (Å²) in [6.07, 6.45) is 9.62. The van der Waals surface area contributed by atoms with Crippen LogP contribution < -0.4 is 15.4 Å². The lowest BCUT2D eigenvalue weighted by molar-refractivity contribution is 0.0694. The van der Waals surface area contributed by atoms with Crippen molar-refractivity contribution in [1.82, 2.24) is 15.3 Å². The highest BCUT2D eigenvalue weighted by Crippen LogP contribution is 2.32. The van der Waals surface area contributed by atoms with E-state index >= 15 is 0 Å². The molecule has 3 aromatic rings. The van der Waals surface area contributed by atoms with Crippen LogP contribution in [-0.2, 0) is 4.74 Å². The minimum Gasteiger partial charge on any atom is -0.457 e. The summed E-state index contributed by atoms with van der Waals surface area (Å²) in [4.78, 5) is 21.5. The Morgan fingerprint density at radius 1 is 1.00 bits per heavy atom. The zero-order chi connectivity index (χ0) is 21.8. The number of carbonyl (C=O) groups excluding carboxylic acids is 1. The zero-order valence-electron chi connectivity index (χ0n) is 18.0. The molecule has 168 valence electrons. The summed E-state index contributed by atoms with van der Waals surface area (Å²) in [5, 5.41) is 7.61. The Kier molecular flexibility index (Phi) is 6.50. The molecule has 5 rings (SSSR count). The van der Waals surface area contributed by atoms with Gasteiger partial charge in [-0.15, -0.1) is 0 Å². The summed E-state index contributed by atoms with van der Waals surface area (Å²) in [7, 11) is 0. The number of benzene rings is 1. The number of amides is 1. The van der Waals surface area contributed by atoms with E-state index in [1.807, 2.05) is 18.2 Å². The van der Waals surface area contributed by atoms with Crippen LogP contribution in [0.4, 0.5) is 5.13 Å². The van der Waals surface area contributed by atoms with Crippen molar-refractivity contribution in [1.29, 1.82) is 0 Å². The number of hydrogen-bond donors (Lipinski definition) is 2. The number of anilines is 1. The minimum absolute atomic E-state index is 0.132. The van der Waals surface area contributed by atoms with Gasteiger partial charge >= 0.3 is 0 Å². The predicted molar refractivity (Wildman–Crippen MR) is 126 cm³/mol. The van der Waals surface area contributed by atoms with E-state index in [9.17, 15) is 4.79 Å². The Morgan fingerprint density at radius 2 is 1.81 bits per heavy atom. The fourth-order valence-electron chi connectivity index (χ4n) is 4.29. The molecule has 0 spiro atoms. The van der Waals surface area contributed by atoms with Gasteiger partial charge in [-0.25, -0.2) is 4.98 Å². The van der Waals surface area contributed by atoms with Crippen LogP contribution in [0.1, 0.15) is 55.4 Å². The second-order valence-electron chi connectivity index (χ2n) is 8.47. The topological polar surface area (TPSA) is 85.4 Å². The molecule has 2 aliphatic rings. The Hall–Kier alpha value is -2.71. The molecule has 8 heteroatoms. The molecule has 0 radical (unpaired) electrons. The second-order valence-corrected chi connectivity index (χ2v) is 9.50. The Bertz CT molecular complexity index is 1070. The molecule has 32 heavy (non-hydrogen) atoms. The Morgan fingerprint density at radius 3 is 2.66 bits per heavy atom. The summed E-state index contributed by atoms with van der Waals surface area (Å²) in [5.74, 6) is 1.12. The number of hydrogen-bond acceptors (Lipinski definition) is 7. The molecule has 0 atom stereocenters. The molecule has 2 aromatic heterocycles. The maximum absolute atomic E-state index is 12.6. The van der Waals surface area contributed by atoms with Gasteiger partial charge < -0.3 is 20.1 Å². The van der Waals surface area contributed by atoms with Crippen molar-refractivity contribution >= 4 is 32.6 Å². The van der Waals surface area contributed by atoms with Gasteiger partial charge in [0.25, 0.3) is 5.91 Å².